The van der Waals surface area contributed by atoms with Crippen molar-refractivity contribution >= 4 is 11.8 Å². The number of carbonyl (C=O) groups is 2. The van der Waals surface area contributed by atoms with Gasteiger partial charge >= 0.3 is 0 Å². The average molecular weight is 306 g/mol. The maximum atomic E-state index is 13.4. The molecule has 0 radical (unpaired) electrons. The SMILES string of the molecule is Cc1ccc(C(=O)NCCNC(=O)C2(C)CCCC2)cc1F. The zero-order valence-corrected chi connectivity index (χ0v) is 13.2. The van der Waals surface area contributed by atoms with Crippen LogP contribution in [0.1, 0.15) is 48.5 Å². The second-order valence-corrected chi connectivity index (χ2v) is 6.24. The van der Waals surface area contributed by atoms with Crippen LogP contribution in [-0.4, -0.2) is 24.9 Å². The molecule has 0 heterocycles. The summed E-state index contributed by atoms with van der Waals surface area (Å²) in [7, 11) is 0. The lowest BCUT2D eigenvalue weighted by Crippen LogP contribution is -2.41. The lowest BCUT2D eigenvalue weighted by atomic mass is 9.88. The molecule has 0 spiro atoms. The quantitative estimate of drug-likeness (QED) is 0.821. The van der Waals surface area contributed by atoms with Gasteiger partial charge in [0.1, 0.15) is 5.82 Å². The molecule has 2 N–H and O–H groups in total. The van der Waals surface area contributed by atoms with Gasteiger partial charge in [-0.15, -0.1) is 0 Å². The Bertz CT molecular complexity index is 566. The molecular formula is C17H23FN2O2. The predicted octanol–water partition coefficient (Wildman–Crippen LogP) is 2.56. The fourth-order valence-electron chi connectivity index (χ4n) is 2.78. The smallest absolute Gasteiger partial charge is 0.251 e. The average Bonchev–Trinajstić information content (AvgIpc) is 2.94. The molecule has 1 aromatic rings. The molecule has 0 saturated heterocycles. The summed E-state index contributed by atoms with van der Waals surface area (Å²) < 4.78 is 13.4. The Kier molecular flexibility index (Phi) is 5.16. The van der Waals surface area contributed by atoms with Crippen LogP contribution in [0.25, 0.3) is 0 Å². The van der Waals surface area contributed by atoms with E-state index in [0.29, 0.717) is 18.7 Å². The Hall–Kier alpha value is -1.91. The summed E-state index contributed by atoms with van der Waals surface area (Å²) in [4.78, 5) is 24.0. The van der Waals surface area contributed by atoms with Gasteiger partial charge in [-0.2, -0.15) is 0 Å². The lowest BCUT2D eigenvalue weighted by Gasteiger charge is -2.22. The fourth-order valence-corrected chi connectivity index (χ4v) is 2.78. The highest BCUT2D eigenvalue weighted by molar-refractivity contribution is 5.94. The monoisotopic (exact) mass is 306 g/mol. The fraction of sp³-hybridized carbons (Fsp3) is 0.529. The number of rotatable bonds is 5. The molecule has 5 heteroatoms. The van der Waals surface area contributed by atoms with Crippen LogP contribution < -0.4 is 10.6 Å². The molecule has 1 fully saturated rings. The Morgan fingerprint density at radius 1 is 1.18 bits per heavy atom. The number of aryl methyl sites for hydroxylation is 1. The van der Waals surface area contributed by atoms with Crippen molar-refractivity contribution in [1.82, 2.24) is 10.6 Å². The third kappa shape index (κ3) is 3.84. The number of carbonyl (C=O) groups excluding carboxylic acids is 2. The van der Waals surface area contributed by atoms with Crippen LogP contribution >= 0.6 is 0 Å². The summed E-state index contributed by atoms with van der Waals surface area (Å²) in [6.07, 6.45) is 4.04. The van der Waals surface area contributed by atoms with Gasteiger partial charge in [0.15, 0.2) is 0 Å². The minimum atomic E-state index is -0.393. The molecule has 4 nitrogen and oxygen atoms in total. The van der Waals surface area contributed by atoms with E-state index >= 15 is 0 Å². The van der Waals surface area contributed by atoms with Crippen LogP contribution in [0.5, 0.6) is 0 Å². The van der Waals surface area contributed by atoms with E-state index in [1.54, 1.807) is 19.1 Å². The molecule has 22 heavy (non-hydrogen) atoms. The number of benzene rings is 1. The first-order valence-corrected chi connectivity index (χ1v) is 7.75. The minimum absolute atomic E-state index is 0.0561. The van der Waals surface area contributed by atoms with E-state index in [1.807, 2.05) is 6.92 Å². The highest BCUT2D eigenvalue weighted by Crippen LogP contribution is 2.37. The van der Waals surface area contributed by atoms with Gasteiger partial charge in [-0.3, -0.25) is 9.59 Å². The minimum Gasteiger partial charge on any atom is -0.354 e. The molecular weight excluding hydrogens is 283 g/mol. The van der Waals surface area contributed by atoms with E-state index in [9.17, 15) is 14.0 Å². The molecule has 0 aromatic heterocycles. The molecule has 2 rings (SSSR count). The van der Waals surface area contributed by atoms with E-state index in [2.05, 4.69) is 10.6 Å². The van der Waals surface area contributed by atoms with Crippen LogP contribution in [-0.2, 0) is 4.79 Å². The van der Waals surface area contributed by atoms with Gasteiger partial charge in [0.05, 0.1) is 0 Å². The van der Waals surface area contributed by atoms with E-state index in [4.69, 9.17) is 0 Å². The molecule has 0 bridgehead atoms. The Morgan fingerprint density at radius 3 is 2.45 bits per heavy atom. The van der Waals surface area contributed by atoms with Crippen LogP contribution in [0.4, 0.5) is 4.39 Å². The van der Waals surface area contributed by atoms with Crippen molar-refractivity contribution in [2.24, 2.45) is 5.41 Å². The van der Waals surface area contributed by atoms with Gasteiger partial charge in [-0.05, 0) is 37.5 Å². The normalized spacial score (nSPS) is 16.3. The molecule has 2 amide bonds. The topological polar surface area (TPSA) is 58.2 Å². The van der Waals surface area contributed by atoms with Crippen LogP contribution in [0.2, 0.25) is 0 Å². The lowest BCUT2D eigenvalue weighted by molar-refractivity contribution is -0.129. The number of halogens is 1. The van der Waals surface area contributed by atoms with E-state index < -0.39 is 5.82 Å². The summed E-state index contributed by atoms with van der Waals surface area (Å²) in [5.74, 6) is -0.670. The van der Waals surface area contributed by atoms with Gasteiger partial charge in [0.2, 0.25) is 5.91 Å². The van der Waals surface area contributed by atoms with Crippen LogP contribution in [0, 0.1) is 18.2 Å². The van der Waals surface area contributed by atoms with Gasteiger partial charge in [-0.1, -0.05) is 25.8 Å². The van der Waals surface area contributed by atoms with Gasteiger partial charge in [0.25, 0.3) is 5.91 Å². The molecule has 1 saturated carbocycles. The molecule has 1 aliphatic rings. The molecule has 0 unspecified atom stereocenters. The second kappa shape index (κ2) is 6.90. The number of amides is 2. The number of hydrogen-bond donors (Lipinski definition) is 2. The highest BCUT2D eigenvalue weighted by Gasteiger charge is 2.35. The molecule has 120 valence electrons. The van der Waals surface area contributed by atoms with Crippen molar-refractivity contribution in [3.63, 3.8) is 0 Å². The van der Waals surface area contributed by atoms with Crippen molar-refractivity contribution in [2.75, 3.05) is 13.1 Å². The van der Waals surface area contributed by atoms with Gasteiger partial charge in [0, 0.05) is 24.1 Å². The van der Waals surface area contributed by atoms with Crippen molar-refractivity contribution in [3.8, 4) is 0 Å². The first-order chi connectivity index (χ1) is 10.4. The Morgan fingerprint density at radius 2 is 1.82 bits per heavy atom. The third-order valence-corrected chi connectivity index (χ3v) is 4.39. The molecule has 1 aliphatic carbocycles. The Balaban J connectivity index is 1.75. The summed E-state index contributed by atoms with van der Waals surface area (Å²) in [6.45, 7) is 4.35. The summed E-state index contributed by atoms with van der Waals surface area (Å²) in [6, 6.07) is 4.39. The van der Waals surface area contributed by atoms with Crippen molar-refractivity contribution in [2.45, 2.75) is 39.5 Å². The van der Waals surface area contributed by atoms with Crippen molar-refractivity contribution < 1.29 is 14.0 Å². The molecule has 1 aromatic carbocycles. The second-order valence-electron chi connectivity index (χ2n) is 6.24. The molecule has 0 aliphatic heterocycles. The predicted molar refractivity (Wildman–Crippen MR) is 83.1 cm³/mol. The number of hydrogen-bond acceptors (Lipinski definition) is 2. The first-order valence-electron chi connectivity index (χ1n) is 7.75. The van der Waals surface area contributed by atoms with E-state index in [0.717, 1.165) is 25.7 Å². The third-order valence-electron chi connectivity index (χ3n) is 4.39. The summed E-state index contributed by atoms with van der Waals surface area (Å²) >= 11 is 0. The van der Waals surface area contributed by atoms with E-state index in [1.165, 1.54) is 6.07 Å². The largest absolute Gasteiger partial charge is 0.354 e. The maximum absolute atomic E-state index is 13.4. The maximum Gasteiger partial charge on any atom is 0.251 e. The zero-order valence-electron chi connectivity index (χ0n) is 13.2. The summed E-state index contributed by atoms with van der Waals surface area (Å²) in [5.41, 5.74) is 0.537. The van der Waals surface area contributed by atoms with Crippen molar-refractivity contribution in [3.05, 3.63) is 35.1 Å². The van der Waals surface area contributed by atoms with Gasteiger partial charge in [-0.25, -0.2) is 4.39 Å². The Labute approximate surface area is 130 Å². The zero-order chi connectivity index (χ0) is 16.2. The van der Waals surface area contributed by atoms with Crippen molar-refractivity contribution in [1.29, 1.82) is 0 Å². The van der Waals surface area contributed by atoms with Gasteiger partial charge < -0.3 is 10.6 Å². The first kappa shape index (κ1) is 16.5. The molecule has 0 atom stereocenters. The summed E-state index contributed by atoms with van der Waals surface area (Å²) in [5, 5.41) is 5.55. The van der Waals surface area contributed by atoms with Crippen LogP contribution in [0.3, 0.4) is 0 Å². The standard InChI is InChI=1S/C17H23FN2O2/c1-12-5-6-13(11-14(12)18)15(21)19-9-10-20-16(22)17(2)7-3-4-8-17/h5-6,11H,3-4,7-10H2,1-2H3,(H,19,21)(H,20,22). The highest BCUT2D eigenvalue weighted by atomic mass is 19.1. The van der Waals surface area contributed by atoms with Crippen LogP contribution in [0.15, 0.2) is 18.2 Å². The number of nitrogens with one attached hydrogen (secondary N) is 2. The van der Waals surface area contributed by atoms with E-state index in [-0.39, 0.29) is 22.8 Å².